The van der Waals surface area contributed by atoms with Crippen molar-refractivity contribution in [2.75, 3.05) is 40.3 Å². The van der Waals surface area contributed by atoms with Crippen molar-refractivity contribution in [1.29, 1.82) is 0 Å². The van der Waals surface area contributed by atoms with Crippen LogP contribution in [0.1, 0.15) is 15.9 Å². The number of aromatic nitrogens is 1. The monoisotopic (exact) mass is 404 g/mol. The highest BCUT2D eigenvalue weighted by Gasteiger charge is 2.30. The zero-order valence-electron chi connectivity index (χ0n) is 16.0. The first kappa shape index (κ1) is 20.2. The number of ether oxygens (including phenoxy) is 1. The van der Waals surface area contributed by atoms with Crippen LogP contribution in [0.5, 0.6) is 5.75 Å². The van der Waals surface area contributed by atoms with Gasteiger partial charge in [0.05, 0.1) is 7.11 Å². The summed E-state index contributed by atoms with van der Waals surface area (Å²) in [6, 6.07) is 8.09. The highest BCUT2D eigenvalue weighted by molar-refractivity contribution is 7.89. The van der Waals surface area contributed by atoms with Crippen LogP contribution in [0.4, 0.5) is 0 Å². The van der Waals surface area contributed by atoms with Gasteiger partial charge in [-0.1, -0.05) is 6.07 Å². The predicted octanol–water partition coefficient (Wildman–Crippen LogP) is 0.956. The summed E-state index contributed by atoms with van der Waals surface area (Å²) >= 11 is 0. The lowest BCUT2D eigenvalue weighted by atomic mass is 10.2. The zero-order valence-corrected chi connectivity index (χ0v) is 16.8. The van der Waals surface area contributed by atoms with E-state index in [1.54, 1.807) is 24.5 Å². The molecule has 0 saturated carbocycles. The number of carbonyl (C=O) groups excluding carboxylic acids is 1. The molecule has 150 valence electrons. The van der Waals surface area contributed by atoms with Crippen LogP contribution in [-0.4, -0.2) is 68.9 Å². The fourth-order valence-corrected chi connectivity index (χ4v) is 4.58. The van der Waals surface area contributed by atoms with Gasteiger partial charge in [-0.3, -0.25) is 9.78 Å². The van der Waals surface area contributed by atoms with E-state index in [2.05, 4.69) is 15.2 Å². The van der Waals surface area contributed by atoms with Crippen molar-refractivity contribution in [1.82, 2.24) is 19.5 Å². The molecule has 0 radical (unpaired) electrons. The maximum absolute atomic E-state index is 13.1. The summed E-state index contributed by atoms with van der Waals surface area (Å²) in [4.78, 5) is 18.6. The normalized spacial score (nSPS) is 15.9. The van der Waals surface area contributed by atoms with E-state index in [9.17, 15) is 13.2 Å². The number of carbonyl (C=O) groups is 1. The Kier molecular flexibility index (Phi) is 6.28. The third-order valence-electron chi connectivity index (χ3n) is 4.68. The van der Waals surface area contributed by atoms with Crippen molar-refractivity contribution in [2.24, 2.45) is 0 Å². The summed E-state index contributed by atoms with van der Waals surface area (Å²) in [5, 5.41) is 2.78. The van der Waals surface area contributed by atoms with Crippen LogP contribution in [-0.2, 0) is 16.6 Å². The number of pyridine rings is 1. The van der Waals surface area contributed by atoms with Crippen molar-refractivity contribution < 1.29 is 17.9 Å². The Morgan fingerprint density at radius 3 is 2.61 bits per heavy atom. The lowest BCUT2D eigenvalue weighted by Crippen LogP contribution is -2.47. The Bertz CT molecular complexity index is 926. The van der Waals surface area contributed by atoms with Crippen LogP contribution < -0.4 is 10.1 Å². The summed E-state index contributed by atoms with van der Waals surface area (Å²) in [7, 11) is -0.386. The minimum Gasteiger partial charge on any atom is -0.495 e. The average Bonchev–Trinajstić information content (AvgIpc) is 2.72. The molecule has 1 aliphatic heterocycles. The van der Waals surface area contributed by atoms with Gasteiger partial charge in [-0.15, -0.1) is 0 Å². The van der Waals surface area contributed by atoms with E-state index in [4.69, 9.17) is 4.74 Å². The molecule has 9 heteroatoms. The molecule has 0 unspecified atom stereocenters. The lowest BCUT2D eigenvalue weighted by Gasteiger charge is -2.31. The van der Waals surface area contributed by atoms with Crippen molar-refractivity contribution >= 4 is 15.9 Å². The number of likely N-dealkylation sites (N-methyl/N-ethyl adjacent to an activating group) is 1. The number of piperazine rings is 1. The van der Waals surface area contributed by atoms with Gasteiger partial charge < -0.3 is 15.0 Å². The number of hydrogen-bond donors (Lipinski definition) is 1. The molecule has 8 nitrogen and oxygen atoms in total. The fraction of sp³-hybridized carbons (Fsp3) is 0.368. The van der Waals surface area contributed by atoms with Crippen LogP contribution in [0.2, 0.25) is 0 Å². The van der Waals surface area contributed by atoms with Gasteiger partial charge in [-0.2, -0.15) is 4.31 Å². The van der Waals surface area contributed by atoms with Crippen LogP contribution >= 0.6 is 0 Å². The molecule has 1 saturated heterocycles. The second-order valence-corrected chi connectivity index (χ2v) is 8.52. The molecule has 2 heterocycles. The highest BCUT2D eigenvalue weighted by atomic mass is 32.2. The fourth-order valence-electron chi connectivity index (χ4n) is 2.97. The molecule has 1 aromatic carbocycles. The number of rotatable bonds is 6. The Morgan fingerprint density at radius 2 is 1.96 bits per heavy atom. The first-order valence-corrected chi connectivity index (χ1v) is 10.4. The molecule has 1 aromatic heterocycles. The van der Waals surface area contributed by atoms with Gasteiger partial charge >= 0.3 is 0 Å². The van der Waals surface area contributed by atoms with Crippen molar-refractivity contribution in [3.8, 4) is 5.75 Å². The van der Waals surface area contributed by atoms with E-state index in [-0.39, 0.29) is 22.1 Å². The van der Waals surface area contributed by atoms with Crippen LogP contribution in [0.3, 0.4) is 0 Å². The van der Waals surface area contributed by atoms with E-state index in [0.29, 0.717) is 32.7 Å². The Hall–Kier alpha value is -2.49. The lowest BCUT2D eigenvalue weighted by molar-refractivity contribution is 0.0950. The van der Waals surface area contributed by atoms with E-state index < -0.39 is 10.0 Å². The average molecular weight is 404 g/mol. The third-order valence-corrected chi connectivity index (χ3v) is 6.60. The van der Waals surface area contributed by atoms with Crippen molar-refractivity contribution in [3.05, 3.63) is 53.9 Å². The highest BCUT2D eigenvalue weighted by Crippen LogP contribution is 2.28. The van der Waals surface area contributed by atoms with Gasteiger partial charge in [0.15, 0.2) is 0 Å². The Balaban J connectivity index is 1.82. The Labute approximate surface area is 165 Å². The molecule has 1 N–H and O–H groups in total. The summed E-state index contributed by atoms with van der Waals surface area (Å²) in [5.41, 5.74) is 1.12. The maximum Gasteiger partial charge on any atom is 0.251 e. The summed E-state index contributed by atoms with van der Waals surface area (Å²) in [5.74, 6) is -0.135. The molecule has 0 atom stereocenters. The van der Waals surface area contributed by atoms with Crippen LogP contribution in [0.15, 0.2) is 47.6 Å². The smallest absolute Gasteiger partial charge is 0.251 e. The molecule has 1 amide bonds. The molecular formula is C19H24N4O4S. The molecule has 2 aromatic rings. The van der Waals surface area contributed by atoms with E-state index >= 15 is 0 Å². The quantitative estimate of drug-likeness (QED) is 0.771. The number of nitrogens with zero attached hydrogens (tertiary/aromatic N) is 3. The summed E-state index contributed by atoms with van der Waals surface area (Å²) < 4.78 is 32.9. The largest absolute Gasteiger partial charge is 0.495 e. The number of benzene rings is 1. The topological polar surface area (TPSA) is 91.8 Å². The van der Waals surface area contributed by atoms with Crippen LogP contribution in [0.25, 0.3) is 0 Å². The number of methoxy groups -OCH3 is 1. The van der Waals surface area contributed by atoms with Crippen LogP contribution in [0, 0.1) is 0 Å². The van der Waals surface area contributed by atoms with Gasteiger partial charge in [-0.25, -0.2) is 8.42 Å². The standard InChI is InChI=1S/C19H24N4O4S/c1-22-8-10-23(11-9-22)28(25,26)18-12-16(5-6-17(18)27-2)19(24)21-14-15-4-3-7-20-13-15/h3-7,12-13H,8-11,14H2,1-2H3,(H,21,24). The van der Waals surface area contributed by atoms with E-state index in [1.165, 1.54) is 23.5 Å². The molecule has 28 heavy (non-hydrogen) atoms. The molecular weight excluding hydrogens is 380 g/mol. The number of hydrogen-bond acceptors (Lipinski definition) is 6. The summed E-state index contributed by atoms with van der Waals surface area (Å²) in [6.07, 6.45) is 3.32. The molecule has 0 bridgehead atoms. The Morgan fingerprint density at radius 1 is 1.21 bits per heavy atom. The van der Waals surface area contributed by atoms with Crippen molar-refractivity contribution in [3.63, 3.8) is 0 Å². The van der Waals surface area contributed by atoms with E-state index in [1.807, 2.05) is 13.1 Å². The first-order chi connectivity index (χ1) is 13.4. The third kappa shape index (κ3) is 4.49. The minimum absolute atomic E-state index is 0.00795. The molecule has 0 aliphatic carbocycles. The number of nitrogens with one attached hydrogen (secondary N) is 1. The van der Waals surface area contributed by atoms with Gasteiger partial charge in [0.2, 0.25) is 10.0 Å². The van der Waals surface area contributed by atoms with Gasteiger partial charge in [0.25, 0.3) is 5.91 Å². The molecule has 3 rings (SSSR count). The van der Waals surface area contributed by atoms with Gasteiger partial charge in [0.1, 0.15) is 10.6 Å². The van der Waals surface area contributed by atoms with Crippen molar-refractivity contribution in [2.45, 2.75) is 11.4 Å². The minimum atomic E-state index is -3.76. The SMILES string of the molecule is COc1ccc(C(=O)NCc2cccnc2)cc1S(=O)(=O)N1CCN(C)CC1. The molecule has 1 fully saturated rings. The number of amides is 1. The zero-order chi connectivity index (χ0) is 20.1. The molecule has 1 aliphatic rings. The van der Waals surface area contributed by atoms with E-state index in [0.717, 1.165) is 5.56 Å². The second kappa shape index (κ2) is 8.68. The number of sulfonamides is 1. The summed E-state index contributed by atoms with van der Waals surface area (Å²) in [6.45, 7) is 2.43. The predicted molar refractivity (Wildman–Crippen MR) is 105 cm³/mol. The second-order valence-electron chi connectivity index (χ2n) is 6.62. The van der Waals surface area contributed by atoms with Gasteiger partial charge in [-0.05, 0) is 36.9 Å². The first-order valence-electron chi connectivity index (χ1n) is 8.95. The molecule has 0 spiro atoms. The van der Waals surface area contributed by atoms with Gasteiger partial charge in [0, 0.05) is 50.7 Å². The maximum atomic E-state index is 13.1.